The maximum atomic E-state index is 13.4. The van der Waals surface area contributed by atoms with Gasteiger partial charge >= 0.3 is 0 Å². The highest BCUT2D eigenvalue weighted by atomic mass is 35.5. The van der Waals surface area contributed by atoms with Gasteiger partial charge in [0.15, 0.2) is 0 Å². The molecule has 1 aliphatic carbocycles. The number of rotatable bonds is 7. The zero-order valence-electron chi connectivity index (χ0n) is 11.8. The molecule has 0 saturated heterocycles. The molecule has 0 spiro atoms. The summed E-state index contributed by atoms with van der Waals surface area (Å²) >= 11 is 6.19. The molecule has 3 heteroatoms. The summed E-state index contributed by atoms with van der Waals surface area (Å²) in [5.41, 5.74) is 1.07. The maximum absolute atomic E-state index is 13.4. The van der Waals surface area contributed by atoms with Crippen LogP contribution in [0.5, 0.6) is 0 Å². The Kier molecular flexibility index (Phi) is 4.86. The first kappa shape index (κ1) is 14.8. The lowest BCUT2D eigenvalue weighted by Crippen LogP contribution is -2.35. The molecule has 1 fully saturated rings. The molecule has 0 heterocycles. The summed E-state index contributed by atoms with van der Waals surface area (Å²) in [6.45, 7) is 5.45. The van der Waals surface area contributed by atoms with E-state index in [4.69, 9.17) is 11.6 Å². The van der Waals surface area contributed by atoms with Crippen molar-refractivity contribution < 1.29 is 4.39 Å². The lowest BCUT2D eigenvalue weighted by molar-refractivity contribution is 0.274. The minimum Gasteiger partial charge on any atom is -0.313 e. The zero-order chi connectivity index (χ0) is 13.9. The third kappa shape index (κ3) is 4.47. The Morgan fingerprint density at radius 3 is 2.79 bits per heavy atom. The van der Waals surface area contributed by atoms with Crippen LogP contribution in [0.25, 0.3) is 0 Å². The van der Waals surface area contributed by atoms with Crippen LogP contribution in [0, 0.1) is 11.2 Å². The quantitative estimate of drug-likeness (QED) is 0.772. The molecule has 2 rings (SSSR count). The average Bonchev–Trinajstić information content (AvgIpc) is 3.16. The second-order valence-electron chi connectivity index (χ2n) is 6.13. The van der Waals surface area contributed by atoms with Gasteiger partial charge in [0.1, 0.15) is 5.82 Å². The van der Waals surface area contributed by atoms with E-state index in [1.165, 1.54) is 18.9 Å². The van der Waals surface area contributed by atoms with Crippen LogP contribution in [-0.2, 0) is 6.42 Å². The van der Waals surface area contributed by atoms with Gasteiger partial charge in [-0.15, -0.1) is 0 Å². The summed E-state index contributed by atoms with van der Waals surface area (Å²) in [5.74, 6) is -0.201. The Balaban J connectivity index is 2.06. The van der Waals surface area contributed by atoms with Crippen LogP contribution in [0.4, 0.5) is 4.39 Å². The normalized spacial score (nSPS) is 18.3. The van der Waals surface area contributed by atoms with Crippen molar-refractivity contribution in [3.8, 4) is 0 Å². The van der Waals surface area contributed by atoms with Crippen LogP contribution in [0.15, 0.2) is 18.2 Å². The second-order valence-corrected chi connectivity index (χ2v) is 6.54. The molecule has 0 aromatic heterocycles. The first-order chi connectivity index (χ1) is 9.02. The maximum Gasteiger partial charge on any atom is 0.123 e. The smallest absolute Gasteiger partial charge is 0.123 e. The van der Waals surface area contributed by atoms with E-state index >= 15 is 0 Å². The predicted molar refractivity (Wildman–Crippen MR) is 79.2 cm³/mol. The first-order valence-electron chi connectivity index (χ1n) is 7.20. The van der Waals surface area contributed by atoms with Crippen molar-refractivity contribution in [2.24, 2.45) is 5.41 Å². The van der Waals surface area contributed by atoms with Gasteiger partial charge in [0.25, 0.3) is 0 Å². The van der Waals surface area contributed by atoms with Crippen molar-refractivity contribution in [2.75, 3.05) is 6.54 Å². The van der Waals surface area contributed by atoms with Crippen molar-refractivity contribution >= 4 is 11.6 Å². The fourth-order valence-electron chi connectivity index (χ4n) is 2.66. The van der Waals surface area contributed by atoms with Crippen molar-refractivity contribution in [3.05, 3.63) is 34.6 Å². The van der Waals surface area contributed by atoms with Gasteiger partial charge in [-0.25, -0.2) is 4.39 Å². The molecule has 0 radical (unpaired) electrons. The summed E-state index contributed by atoms with van der Waals surface area (Å²) in [6.07, 6.45) is 5.68. The number of benzene rings is 1. The highest BCUT2D eigenvalue weighted by Crippen LogP contribution is 2.32. The number of halogens is 2. The van der Waals surface area contributed by atoms with Gasteiger partial charge in [0, 0.05) is 17.6 Å². The van der Waals surface area contributed by atoms with Crippen LogP contribution in [0.1, 0.15) is 45.1 Å². The predicted octanol–water partition coefficient (Wildman–Crippen LogP) is 4.58. The lowest BCUT2D eigenvalue weighted by atomic mass is 9.79. The van der Waals surface area contributed by atoms with E-state index in [1.807, 2.05) is 0 Å². The molecule has 19 heavy (non-hydrogen) atoms. The molecule has 1 atom stereocenters. The fourth-order valence-corrected chi connectivity index (χ4v) is 2.84. The summed E-state index contributed by atoms with van der Waals surface area (Å²) in [5, 5.41) is 4.28. The monoisotopic (exact) mass is 283 g/mol. The minimum absolute atomic E-state index is 0.148. The molecule has 1 N–H and O–H groups in total. The zero-order valence-corrected chi connectivity index (χ0v) is 12.6. The van der Waals surface area contributed by atoms with Crippen molar-refractivity contribution in [1.29, 1.82) is 0 Å². The minimum atomic E-state index is -0.201. The van der Waals surface area contributed by atoms with E-state index in [2.05, 4.69) is 19.2 Å². The largest absolute Gasteiger partial charge is 0.313 e. The molecule has 1 aromatic carbocycles. The third-order valence-corrected chi connectivity index (χ3v) is 4.24. The molecule has 106 valence electrons. The van der Waals surface area contributed by atoms with Crippen molar-refractivity contribution in [1.82, 2.24) is 5.32 Å². The molecule has 0 amide bonds. The Labute approximate surface area is 120 Å². The highest BCUT2D eigenvalue weighted by Gasteiger charge is 2.28. The molecule has 0 aliphatic heterocycles. The Bertz CT molecular complexity index is 431. The number of hydrogen-bond acceptors (Lipinski definition) is 1. The number of hydrogen-bond donors (Lipinski definition) is 1. The number of nitrogens with one attached hydrogen (secondary N) is 1. The molecule has 1 nitrogen and oxygen atoms in total. The van der Waals surface area contributed by atoms with E-state index in [1.54, 1.807) is 12.1 Å². The summed E-state index contributed by atoms with van der Waals surface area (Å²) < 4.78 is 13.4. The van der Waals surface area contributed by atoms with Crippen LogP contribution >= 0.6 is 11.6 Å². The molecule has 1 unspecified atom stereocenters. The SMILES string of the molecule is CCCC(C)(CNC1CC1)Cc1cc(F)ccc1Cl. The Morgan fingerprint density at radius 1 is 1.42 bits per heavy atom. The lowest BCUT2D eigenvalue weighted by Gasteiger charge is -2.30. The van der Waals surface area contributed by atoms with Gasteiger partial charge < -0.3 is 5.32 Å². The summed E-state index contributed by atoms with van der Waals surface area (Å²) in [4.78, 5) is 0. The van der Waals surface area contributed by atoms with Crippen LogP contribution in [-0.4, -0.2) is 12.6 Å². The van der Waals surface area contributed by atoms with E-state index in [9.17, 15) is 4.39 Å². The summed E-state index contributed by atoms with van der Waals surface area (Å²) in [7, 11) is 0. The van der Waals surface area contributed by atoms with E-state index in [0.717, 1.165) is 31.4 Å². The van der Waals surface area contributed by atoms with Crippen molar-refractivity contribution in [3.63, 3.8) is 0 Å². The van der Waals surface area contributed by atoms with E-state index in [0.29, 0.717) is 11.1 Å². The van der Waals surface area contributed by atoms with Crippen LogP contribution < -0.4 is 5.32 Å². The van der Waals surface area contributed by atoms with E-state index in [-0.39, 0.29) is 11.2 Å². The third-order valence-electron chi connectivity index (χ3n) is 3.87. The highest BCUT2D eigenvalue weighted by molar-refractivity contribution is 6.31. The van der Waals surface area contributed by atoms with Gasteiger partial charge in [-0.05, 0) is 54.9 Å². The average molecular weight is 284 g/mol. The second kappa shape index (κ2) is 6.23. The first-order valence-corrected chi connectivity index (χ1v) is 7.57. The molecule has 1 aromatic rings. The molecule has 0 bridgehead atoms. The van der Waals surface area contributed by atoms with E-state index < -0.39 is 0 Å². The topological polar surface area (TPSA) is 12.0 Å². The van der Waals surface area contributed by atoms with Crippen LogP contribution in [0.2, 0.25) is 5.02 Å². The Morgan fingerprint density at radius 2 is 2.16 bits per heavy atom. The fraction of sp³-hybridized carbons (Fsp3) is 0.625. The van der Waals surface area contributed by atoms with Gasteiger partial charge in [0.2, 0.25) is 0 Å². The molecule has 1 aliphatic rings. The Hall–Kier alpha value is -0.600. The molecule has 1 saturated carbocycles. The molecular formula is C16H23ClFN. The van der Waals surface area contributed by atoms with Gasteiger partial charge in [0.05, 0.1) is 0 Å². The molecular weight excluding hydrogens is 261 g/mol. The van der Waals surface area contributed by atoms with Crippen molar-refractivity contribution in [2.45, 2.75) is 52.0 Å². The van der Waals surface area contributed by atoms with Crippen LogP contribution in [0.3, 0.4) is 0 Å². The summed E-state index contributed by atoms with van der Waals surface area (Å²) in [6, 6.07) is 5.37. The van der Waals surface area contributed by atoms with Gasteiger partial charge in [-0.1, -0.05) is 31.9 Å². The van der Waals surface area contributed by atoms with Gasteiger partial charge in [-0.2, -0.15) is 0 Å². The van der Waals surface area contributed by atoms with Gasteiger partial charge in [-0.3, -0.25) is 0 Å². The standard InChI is InChI=1S/C16H23ClFN/c1-3-8-16(2,11-19-14-5-6-14)10-12-9-13(18)4-7-15(12)17/h4,7,9,14,19H,3,5-6,8,10-11H2,1-2H3.